The maximum atomic E-state index is 12.9. The smallest absolute Gasteiger partial charge is 0.267 e. The van der Waals surface area contributed by atoms with Crippen molar-refractivity contribution in [2.75, 3.05) is 31.1 Å². The van der Waals surface area contributed by atoms with Crippen molar-refractivity contribution in [1.29, 1.82) is 0 Å². The van der Waals surface area contributed by atoms with Gasteiger partial charge in [0.25, 0.3) is 10.0 Å². The van der Waals surface area contributed by atoms with Crippen LogP contribution in [0, 0.1) is 13.8 Å². The molecule has 0 aliphatic rings. The van der Waals surface area contributed by atoms with E-state index in [0.717, 1.165) is 16.7 Å². The van der Waals surface area contributed by atoms with E-state index in [1.807, 2.05) is 46.1 Å². The Morgan fingerprint density at radius 2 is 1.62 bits per heavy atom. The van der Waals surface area contributed by atoms with Crippen LogP contribution in [0.2, 0.25) is 0 Å². The number of aryl methyl sites for hydroxylation is 3. The van der Waals surface area contributed by atoms with Crippen LogP contribution in [0.5, 0.6) is 11.6 Å². The van der Waals surface area contributed by atoms with Crippen molar-refractivity contribution in [3.63, 3.8) is 0 Å². The third-order valence-corrected chi connectivity index (χ3v) is 8.86. The molecule has 0 saturated carbocycles. The van der Waals surface area contributed by atoms with E-state index in [2.05, 4.69) is 19.8 Å². The van der Waals surface area contributed by atoms with Gasteiger partial charge in [0, 0.05) is 31.4 Å². The van der Waals surface area contributed by atoms with Gasteiger partial charge in [0.05, 0.1) is 22.5 Å². The first-order valence-corrected chi connectivity index (χ1v) is 15.1. The molecule has 206 valence electrons. The van der Waals surface area contributed by atoms with Crippen molar-refractivity contribution in [1.82, 2.24) is 24.6 Å². The zero-order valence-corrected chi connectivity index (χ0v) is 23.9. The lowest BCUT2D eigenvalue weighted by atomic mass is 10.00. The van der Waals surface area contributed by atoms with Crippen molar-refractivity contribution in [2.45, 2.75) is 23.6 Å². The second-order valence-corrected chi connectivity index (χ2v) is 13.1. The van der Waals surface area contributed by atoms with E-state index in [-0.39, 0.29) is 27.4 Å². The summed E-state index contributed by atoms with van der Waals surface area (Å²) in [5.41, 5.74) is 3.15. The maximum absolute atomic E-state index is 12.9. The Morgan fingerprint density at radius 3 is 2.21 bits per heavy atom. The second-order valence-electron chi connectivity index (χ2n) is 9.33. The zero-order valence-electron chi connectivity index (χ0n) is 22.3. The normalized spacial score (nSPS) is 12.1. The summed E-state index contributed by atoms with van der Waals surface area (Å²) < 4.78 is 60.8. The number of hydrogen-bond acceptors (Lipinski definition) is 9. The van der Waals surface area contributed by atoms with Gasteiger partial charge in [0.15, 0.2) is 9.84 Å². The summed E-state index contributed by atoms with van der Waals surface area (Å²) in [4.78, 5) is 10.7. The molecular formula is C26H30N6O5S2. The molecule has 2 aromatic heterocycles. The number of hydrogen-bond donors (Lipinski definition) is 1. The molecule has 0 unspecified atom stereocenters. The summed E-state index contributed by atoms with van der Waals surface area (Å²) in [5, 5.41) is 3.92. The first kappa shape index (κ1) is 28.2. The van der Waals surface area contributed by atoms with Gasteiger partial charge in [0.1, 0.15) is 10.6 Å². The van der Waals surface area contributed by atoms with E-state index in [0.29, 0.717) is 18.0 Å². The van der Waals surface area contributed by atoms with Crippen molar-refractivity contribution in [2.24, 2.45) is 7.05 Å². The van der Waals surface area contributed by atoms with Gasteiger partial charge < -0.3 is 9.64 Å². The highest BCUT2D eigenvalue weighted by molar-refractivity contribution is 7.92. The summed E-state index contributed by atoms with van der Waals surface area (Å²) in [5.74, 6) is 0.214. The maximum Gasteiger partial charge on any atom is 0.267 e. The molecule has 0 fully saturated rings. The minimum Gasteiger partial charge on any atom is -0.439 e. The Bertz CT molecular complexity index is 1680. The van der Waals surface area contributed by atoms with Gasteiger partial charge in [-0.15, -0.1) is 0 Å². The Hall–Kier alpha value is -3.81. The Balaban J connectivity index is 1.69. The van der Waals surface area contributed by atoms with Crippen LogP contribution >= 0.6 is 0 Å². The van der Waals surface area contributed by atoms with Crippen LogP contribution in [0.3, 0.4) is 0 Å². The number of ether oxygens (including phenoxy) is 1. The highest BCUT2D eigenvalue weighted by Crippen LogP contribution is 2.31. The molecule has 0 atom stereocenters. The van der Waals surface area contributed by atoms with Crippen molar-refractivity contribution >= 4 is 25.8 Å². The van der Waals surface area contributed by atoms with E-state index in [1.165, 1.54) is 41.3 Å². The monoisotopic (exact) mass is 570 g/mol. The summed E-state index contributed by atoms with van der Waals surface area (Å²) in [6, 6.07) is 13.4. The molecule has 0 spiro atoms. The SMILES string of the molecule is Cc1cccc(C)c1-c1cc(Oc2ccc(S(=O)(=O)CCN(C)C)cc2)nc(NS(=O)(=O)c2cnn(C)c2)n1. The topological polar surface area (TPSA) is 136 Å². The molecule has 0 saturated heterocycles. The summed E-state index contributed by atoms with van der Waals surface area (Å²) in [6.07, 6.45) is 2.59. The van der Waals surface area contributed by atoms with Gasteiger partial charge in [-0.2, -0.15) is 10.1 Å². The summed E-state index contributed by atoms with van der Waals surface area (Å²) in [6.45, 7) is 4.26. The van der Waals surface area contributed by atoms with Crippen LogP contribution in [-0.2, 0) is 26.9 Å². The number of anilines is 1. The highest BCUT2D eigenvalue weighted by Gasteiger charge is 2.21. The summed E-state index contributed by atoms with van der Waals surface area (Å²) >= 11 is 0. The van der Waals surface area contributed by atoms with Crippen LogP contribution < -0.4 is 9.46 Å². The summed E-state index contributed by atoms with van der Waals surface area (Å²) in [7, 11) is -2.24. The van der Waals surface area contributed by atoms with Crippen LogP contribution in [0.25, 0.3) is 11.3 Å². The molecule has 4 aromatic rings. The Kier molecular flexibility index (Phi) is 8.04. The van der Waals surface area contributed by atoms with Crippen LogP contribution in [0.1, 0.15) is 11.1 Å². The molecule has 2 aromatic carbocycles. The molecule has 0 amide bonds. The molecule has 0 aliphatic carbocycles. The van der Waals surface area contributed by atoms with Gasteiger partial charge in [0.2, 0.25) is 11.8 Å². The molecule has 11 nitrogen and oxygen atoms in total. The molecule has 0 aliphatic heterocycles. The lowest BCUT2D eigenvalue weighted by molar-refractivity contribution is 0.432. The standard InChI is InChI=1S/C26H30N6O5S2/c1-18-7-6-8-19(2)25(18)23-15-24(29-26(28-23)30-39(35,36)22-16-27-32(5)17-22)37-20-9-11-21(12-10-20)38(33,34)14-13-31(3)4/h6-12,15-17H,13-14H2,1-5H3,(H,28,29,30). The van der Waals surface area contributed by atoms with Gasteiger partial charge in [-0.05, 0) is 63.3 Å². The molecular weight excluding hydrogens is 540 g/mol. The molecule has 0 bridgehead atoms. The zero-order chi connectivity index (χ0) is 28.4. The van der Waals surface area contributed by atoms with Crippen molar-refractivity contribution < 1.29 is 21.6 Å². The van der Waals surface area contributed by atoms with Gasteiger partial charge in [-0.1, -0.05) is 18.2 Å². The van der Waals surface area contributed by atoms with E-state index in [4.69, 9.17) is 4.74 Å². The molecule has 1 N–H and O–H groups in total. The van der Waals surface area contributed by atoms with Crippen LogP contribution in [-0.4, -0.2) is 67.9 Å². The van der Waals surface area contributed by atoms with Gasteiger partial charge >= 0.3 is 0 Å². The van der Waals surface area contributed by atoms with Crippen LogP contribution in [0.15, 0.2) is 70.7 Å². The van der Waals surface area contributed by atoms with E-state index in [9.17, 15) is 16.8 Å². The Labute approximate surface area is 228 Å². The lowest BCUT2D eigenvalue weighted by Crippen LogP contribution is -2.21. The molecule has 4 rings (SSSR count). The fraction of sp³-hybridized carbons (Fsp3) is 0.269. The molecule has 0 radical (unpaired) electrons. The highest BCUT2D eigenvalue weighted by atomic mass is 32.2. The van der Waals surface area contributed by atoms with E-state index in [1.54, 1.807) is 18.0 Å². The fourth-order valence-corrected chi connectivity index (χ4v) is 6.16. The number of sulfonamides is 1. The fourth-order valence-electron chi connectivity index (χ4n) is 3.84. The van der Waals surface area contributed by atoms with Gasteiger partial charge in [-0.3, -0.25) is 4.68 Å². The quantitative estimate of drug-likeness (QED) is 0.304. The number of rotatable bonds is 10. The van der Waals surface area contributed by atoms with Gasteiger partial charge in [-0.25, -0.2) is 26.5 Å². The predicted molar refractivity (Wildman–Crippen MR) is 148 cm³/mol. The minimum absolute atomic E-state index is 0.00824. The molecule has 39 heavy (non-hydrogen) atoms. The third-order valence-electron chi connectivity index (χ3n) is 5.87. The number of sulfone groups is 1. The number of benzene rings is 2. The van der Waals surface area contributed by atoms with E-state index < -0.39 is 19.9 Å². The first-order chi connectivity index (χ1) is 18.3. The predicted octanol–water partition coefficient (Wildman–Crippen LogP) is 3.42. The third kappa shape index (κ3) is 6.80. The van der Waals surface area contributed by atoms with Crippen molar-refractivity contribution in [3.05, 3.63) is 72.1 Å². The minimum atomic E-state index is -4.02. The molecule has 2 heterocycles. The lowest BCUT2D eigenvalue weighted by Gasteiger charge is -2.14. The Morgan fingerprint density at radius 1 is 0.949 bits per heavy atom. The van der Waals surface area contributed by atoms with Crippen LogP contribution in [0.4, 0.5) is 5.95 Å². The molecule has 13 heteroatoms. The average molecular weight is 571 g/mol. The first-order valence-electron chi connectivity index (χ1n) is 12.0. The second kappa shape index (κ2) is 11.1. The average Bonchev–Trinajstić information content (AvgIpc) is 3.30. The number of nitrogens with one attached hydrogen (secondary N) is 1. The number of nitrogens with zero attached hydrogens (tertiary/aromatic N) is 5. The largest absolute Gasteiger partial charge is 0.439 e. The number of aromatic nitrogens is 4. The van der Waals surface area contributed by atoms with E-state index >= 15 is 0 Å². The van der Waals surface area contributed by atoms with Crippen molar-refractivity contribution in [3.8, 4) is 22.9 Å².